The molecule has 1 N–H and O–H groups in total. The maximum Gasteiger partial charge on any atom is 0.241 e. The highest BCUT2D eigenvalue weighted by molar-refractivity contribution is 5.85. The normalized spacial score (nSPS) is 31.4. The molecule has 1 saturated heterocycles. The summed E-state index contributed by atoms with van der Waals surface area (Å²) in [6, 6.07) is 0.595. The molecule has 2 fully saturated rings. The molecule has 0 spiro atoms. The molecule has 98 valence electrons. The van der Waals surface area contributed by atoms with Crippen molar-refractivity contribution >= 4 is 5.91 Å². The van der Waals surface area contributed by atoms with Crippen molar-refractivity contribution in [3.8, 4) is 0 Å². The highest BCUT2D eigenvalue weighted by Gasteiger charge is 2.47. The van der Waals surface area contributed by atoms with Crippen molar-refractivity contribution in [1.29, 1.82) is 0 Å². The van der Waals surface area contributed by atoms with Crippen LogP contribution in [0.4, 0.5) is 0 Å². The summed E-state index contributed by atoms with van der Waals surface area (Å²) in [6.45, 7) is 8.80. The second kappa shape index (κ2) is 4.97. The van der Waals surface area contributed by atoms with Gasteiger partial charge in [0.15, 0.2) is 0 Å². The van der Waals surface area contributed by atoms with Gasteiger partial charge in [-0.2, -0.15) is 0 Å². The molecule has 3 nitrogen and oxygen atoms in total. The topological polar surface area (TPSA) is 32.3 Å². The first kappa shape index (κ1) is 12.9. The van der Waals surface area contributed by atoms with Gasteiger partial charge in [-0.05, 0) is 31.1 Å². The molecule has 0 aromatic rings. The molecule has 17 heavy (non-hydrogen) atoms. The Morgan fingerprint density at radius 2 is 2.00 bits per heavy atom. The van der Waals surface area contributed by atoms with Gasteiger partial charge in [0.1, 0.15) is 0 Å². The van der Waals surface area contributed by atoms with E-state index in [0.717, 1.165) is 12.8 Å². The Morgan fingerprint density at radius 3 is 2.47 bits per heavy atom. The van der Waals surface area contributed by atoms with Crippen LogP contribution in [0, 0.1) is 11.8 Å². The quantitative estimate of drug-likeness (QED) is 0.797. The van der Waals surface area contributed by atoms with Crippen LogP contribution in [0.1, 0.15) is 53.4 Å². The molecule has 0 aromatic carbocycles. The molecule has 1 saturated carbocycles. The van der Waals surface area contributed by atoms with Gasteiger partial charge in [0.2, 0.25) is 5.91 Å². The van der Waals surface area contributed by atoms with Crippen LogP contribution in [0.25, 0.3) is 0 Å². The summed E-state index contributed by atoms with van der Waals surface area (Å²) in [7, 11) is 0. The maximum atomic E-state index is 12.4. The largest absolute Gasteiger partial charge is 0.323 e. The number of nitrogens with zero attached hydrogens (tertiary/aromatic N) is 1. The molecule has 1 aliphatic carbocycles. The van der Waals surface area contributed by atoms with Gasteiger partial charge in [0.05, 0.1) is 12.2 Å². The Labute approximate surface area is 105 Å². The molecule has 1 aliphatic heterocycles. The molecule has 0 aromatic heterocycles. The standard InChI is InChI=1S/C14H26N2O/c1-5-10(4)13-14(17)16(11-6-7-11)12(15-13)8-9(2)3/h9-13,15H,5-8H2,1-4H3. The third kappa shape index (κ3) is 2.65. The molecule has 1 amide bonds. The number of amides is 1. The number of nitrogens with one attached hydrogen (secondary N) is 1. The van der Waals surface area contributed by atoms with Crippen molar-refractivity contribution in [1.82, 2.24) is 10.2 Å². The second-order valence-corrected chi connectivity index (χ2v) is 6.15. The minimum Gasteiger partial charge on any atom is -0.323 e. The third-order valence-electron chi connectivity index (χ3n) is 4.08. The predicted molar refractivity (Wildman–Crippen MR) is 69.5 cm³/mol. The molecule has 1 heterocycles. The first-order valence-corrected chi connectivity index (χ1v) is 7.12. The Bertz CT molecular complexity index is 286. The van der Waals surface area contributed by atoms with E-state index in [1.807, 2.05) is 0 Å². The van der Waals surface area contributed by atoms with E-state index in [9.17, 15) is 4.79 Å². The van der Waals surface area contributed by atoms with Crippen LogP contribution in [0.3, 0.4) is 0 Å². The number of carbonyl (C=O) groups excluding carboxylic acids is 1. The fraction of sp³-hybridized carbons (Fsp3) is 0.929. The molecule has 3 unspecified atom stereocenters. The predicted octanol–water partition coefficient (Wildman–Crippen LogP) is 2.37. The summed E-state index contributed by atoms with van der Waals surface area (Å²) in [5.41, 5.74) is 0. The van der Waals surface area contributed by atoms with E-state index >= 15 is 0 Å². The Hall–Kier alpha value is -0.570. The van der Waals surface area contributed by atoms with Crippen molar-refractivity contribution in [3.05, 3.63) is 0 Å². The third-order valence-corrected chi connectivity index (χ3v) is 4.08. The maximum absolute atomic E-state index is 12.4. The monoisotopic (exact) mass is 238 g/mol. The molecule has 2 rings (SSSR count). The zero-order valence-electron chi connectivity index (χ0n) is 11.6. The van der Waals surface area contributed by atoms with Gasteiger partial charge in [-0.3, -0.25) is 10.1 Å². The van der Waals surface area contributed by atoms with Gasteiger partial charge in [0, 0.05) is 6.04 Å². The molecule has 3 atom stereocenters. The molecular weight excluding hydrogens is 212 g/mol. The zero-order valence-corrected chi connectivity index (χ0v) is 11.6. The highest BCUT2D eigenvalue weighted by atomic mass is 16.2. The Kier molecular flexibility index (Phi) is 3.76. The van der Waals surface area contributed by atoms with Crippen LogP contribution in [-0.4, -0.2) is 29.1 Å². The summed E-state index contributed by atoms with van der Waals surface area (Å²) >= 11 is 0. The summed E-state index contributed by atoms with van der Waals surface area (Å²) < 4.78 is 0. The lowest BCUT2D eigenvalue weighted by molar-refractivity contribution is -0.131. The van der Waals surface area contributed by atoms with Crippen molar-refractivity contribution in [2.45, 2.75) is 71.6 Å². The van der Waals surface area contributed by atoms with Crippen molar-refractivity contribution in [2.75, 3.05) is 0 Å². The van der Waals surface area contributed by atoms with Gasteiger partial charge in [-0.1, -0.05) is 34.1 Å². The summed E-state index contributed by atoms with van der Waals surface area (Å²) in [6.07, 6.45) is 4.84. The average Bonchev–Trinajstić information content (AvgIpc) is 3.03. The first-order chi connectivity index (χ1) is 8.04. The van der Waals surface area contributed by atoms with E-state index in [1.165, 1.54) is 12.8 Å². The summed E-state index contributed by atoms with van der Waals surface area (Å²) in [5, 5.41) is 3.57. The van der Waals surface area contributed by atoms with E-state index < -0.39 is 0 Å². The molecule has 0 radical (unpaired) electrons. The SMILES string of the molecule is CCC(C)C1NC(CC(C)C)N(C2CC2)C1=O. The molecular formula is C14H26N2O. The summed E-state index contributed by atoms with van der Waals surface area (Å²) in [4.78, 5) is 14.6. The van der Waals surface area contributed by atoms with Crippen LogP contribution in [0.15, 0.2) is 0 Å². The smallest absolute Gasteiger partial charge is 0.241 e. The Balaban J connectivity index is 2.07. The Morgan fingerprint density at radius 1 is 1.35 bits per heavy atom. The second-order valence-electron chi connectivity index (χ2n) is 6.15. The minimum absolute atomic E-state index is 0.0596. The number of rotatable bonds is 5. The van der Waals surface area contributed by atoms with Crippen LogP contribution in [-0.2, 0) is 4.79 Å². The van der Waals surface area contributed by atoms with Gasteiger partial charge in [-0.25, -0.2) is 0 Å². The van der Waals surface area contributed by atoms with Crippen molar-refractivity contribution in [3.63, 3.8) is 0 Å². The lowest BCUT2D eigenvalue weighted by Crippen LogP contribution is -2.39. The van der Waals surface area contributed by atoms with Crippen molar-refractivity contribution < 1.29 is 4.79 Å². The van der Waals surface area contributed by atoms with E-state index in [4.69, 9.17) is 0 Å². The van der Waals surface area contributed by atoms with E-state index in [-0.39, 0.29) is 12.2 Å². The lowest BCUT2D eigenvalue weighted by Gasteiger charge is -2.25. The van der Waals surface area contributed by atoms with Gasteiger partial charge >= 0.3 is 0 Å². The van der Waals surface area contributed by atoms with Gasteiger partial charge in [0.25, 0.3) is 0 Å². The lowest BCUT2D eigenvalue weighted by atomic mass is 9.99. The van der Waals surface area contributed by atoms with Gasteiger partial charge in [-0.15, -0.1) is 0 Å². The first-order valence-electron chi connectivity index (χ1n) is 7.12. The van der Waals surface area contributed by atoms with Crippen molar-refractivity contribution in [2.24, 2.45) is 11.8 Å². The number of hydrogen-bond acceptors (Lipinski definition) is 2. The fourth-order valence-corrected chi connectivity index (χ4v) is 2.73. The average molecular weight is 238 g/mol. The van der Waals surface area contributed by atoms with E-state index in [0.29, 0.717) is 23.8 Å². The number of carbonyl (C=O) groups is 1. The highest BCUT2D eigenvalue weighted by Crippen LogP contribution is 2.34. The van der Waals surface area contributed by atoms with Crippen LogP contribution in [0.2, 0.25) is 0 Å². The summed E-state index contributed by atoms with van der Waals surface area (Å²) in [5.74, 6) is 1.44. The zero-order chi connectivity index (χ0) is 12.6. The van der Waals surface area contributed by atoms with Crippen LogP contribution < -0.4 is 5.32 Å². The van der Waals surface area contributed by atoms with Crippen LogP contribution >= 0.6 is 0 Å². The molecule has 3 heteroatoms. The van der Waals surface area contributed by atoms with Gasteiger partial charge < -0.3 is 4.90 Å². The molecule has 2 aliphatic rings. The minimum atomic E-state index is 0.0596. The number of hydrogen-bond donors (Lipinski definition) is 1. The van der Waals surface area contributed by atoms with E-state index in [1.54, 1.807) is 0 Å². The fourth-order valence-electron chi connectivity index (χ4n) is 2.73. The van der Waals surface area contributed by atoms with E-state index in [2.05, 4.69) is 37.9 Å². The molecule has 0 bridgehead atoms. The van der Waals surface area contributed by atoms with Crippen LogP contribution in [0.5, 0.6) is 0 Å².